The van der Waals surface area contributed by atoms with Crippen LogP contribution in [-0.2, 0) is 22.6 Å². The van der Waals surface area contributed by atoms with Crippen LogP contribution in [0.5, 0.6) is 0 Å². The fourth-order valence-corrected chi connectivity index (χ4v) is 3.25. The zero-order chi connectivity index (χ0) is 19.4. The minimum atomic E-state index is -1.82. The molecular formula is C20H21N3O4. The summed E-state index contributed by atoms with van der Waals surface area (Å²) in [5.41, 5.74) is 6.27. The first-order chi connectivity index (χ1) is 13.0. The van der Waals surface area contributed by atoms with Crippen LogP contribution in [0.15, 0.2) is 48.8 Å². The fourth-order valence-electron chi connectivity index (χ4n) is 3.25. The van der Waals surface area contributed by atoms with E-state index in [9.17, 15) is 0 Å². The van der Waals surface area contributed by atoms with Crippen molar-refractivity contribution in [1.29, 1.82) is 0 Å². The van der Waals surface area contributed by atoms with Gasteiger partial charge >= 0.3 is 11.9 Å². The summed E-state index contributed by atoms with van der Waals surface area (Å²) in [6, 6.07) is 12.9. The molecular weight excluding hydrogens is 346 g/mol. The Hall–Kier alpha value is -3.35. The van der Waals surface area contributed by atoms with Gasteiger partial charge < -0.3 is 19.5 Å². The Morgan fingerprint density at radius 3 is 2.56 bits per heavy atom. The third-order valence-corrected chi connectivity index (χ3v) is 4.47. The number of imidazole rings is 1. The number of aromatic nitrogens is 2. The Morgan fingerprint density at radius 1 is 1.11 bits per heavy atom. The largest absolute Gasteiger partial charge is 0.473 e. The highest BCUT2D eigenvalue weighted by Crippen LogP contribution is 2.28. The molecule has 0 bridgehead atoms. The molecule has 7 nitrogen and oxygen atoms in total. The molecule has 1 aliphatic rings. The van der Waals surface area contributed by atoms with E-state index in [-0.39, 0.29) is 0 Å². The van der Waals surface area contributed by atoms with E-state index in [1.54, 1.807) is 0 Å². The molecule has 0 fully saturated rings. The summed E-state index contributed by atoms with van der Waals surface area (Å²) in [4.78, 5) is 25.5. The topological polar surface area (TPSA) is 95.1 Å². The summed E-state index contributed by atoms with van der Waals surface area (Å²) in [5, 5.41) is 14.8. The van der Waals surface area contributed by atoms with Crippen molar-refractivity contribution in [2.24, 2.45) is 0 Å². The predicted octanol–water partition coefficient (Wildman–Crippen LogP) is 2.75. The zero-order valence-corrected chi connectivity index (χ0v) is 15.0. The van der Waals surface area contributed by atoms with E-state index in [0.717, 1.165) is 24.4 Å². The molecule has 1 aliphatic heterocycles. The van der Waals surface area contributed by atoms with Gasteiger partial charge in [-0.15, -0.1) is 0 Å². The number of hydrogen-bond acceptors (Lipinski definition) is 4. The normalized spacial score (nSPS) is 12.9. The van der Waals surface area contributed by atoms with E-state index >= 15 is 0 Å². The number of rotatable bonds is 2. The Kier molecular flexibility index (Phi) is 5.40. The molecule has 2 aromatic heterocycles. The number of anilines is 1. The van der Waals surface area contributed by atoms with E-state index in [1.807, 2.05) is 0 Å². The fraction of sp³-hybridized carbons (Fsp3) is 0.250. The van der Waals surface area contributed by atoms with Gasteiger partial charge in [-0.2, -0.15) is 0 Å². The molecule has 7 heteroatoms. The van der Waals surface area contributed by atoms with Gasteiger partial charge in [0, 0.05) is 24.6 Å². The highest BCUT2D eigenvalue weighted by Gasteiger charge is 2.17. The Bertz CT molecular complexity index is 968. The number of benzene rings is 1. The predicted molar refractivity (Wildman–Crippen MR) is 101 cm³/mol. The first-order valence-corrected chi connectivity index (χ1v) is 8.68. The van der Waals surface area contributed by atoms with Gasteiger partial charge in [-0.05, 0) is 43.0 Å². The van der Waals surface area contributed by atoms with Gasteiger partial charge in [0.25, 0.3) is 0 Å². The number of aryl methyl sites for hydroxylation is 2. The van der Waals surface area contributed by atoms with Gasteiger partial charge in [-0.25, -0.2) is 14.6 Å². The lowest BCUT2D eigenvalue weighted by Crippen LogP contribution is -2.28. The second kappa shape index (κ2) is 7.90. The number of nitrogens with zero attached hydrogens (tertiary/aromatic N) is 3. The first kappa shape index (κ1) is 18.4. The van der Waals surface area contributed by atoms with Gasteiger partial charge in [0.2, 0.25) is 0 Å². The van der Waals surface area contributed by atoms with Crippen molar-refractivity contribution in [1.82, 2.24) is 9.38 Å². The number of pyridine rings is 1. The summed E-state index contributed by atoms with van der Waals surface area (Å²) < 4.78 is 2.13. The van der Waals surface area contributed by atoms with Crippen LogP contribution >= 0.6 is 0 Å². The molecule has 0 spiro atoms. The maximum Gasteiger partial charge on any atom is 0.414 e. The van der Waals surface area contributed by atoms with Crippen molar-refractivity contribution < 1.29 is 19.8 Å². The molecule has 3 heterocycles. The van der Waals surface area contributed by atoms with Crippen LogP contribution in [-0.4, -0.2) is 38.1 Å². The lowest BCUT2D eigenvalue weighted by molar-refractivity contribution is -0.159. The van der Waals surface area contributed by atoms with Crippen molar-refractivity contribution in [3.8, 4) is 0 Å². The molecule has 27 heavy (non-hydrogen) atoms. The average molecular weight is 367 g/mol. The summed E-state index contributed by atoms with van der Waals surface area (Å²) in [7, 11) is 0. The molecule has 1 aromatic carbocycles. The quantitative estimate of drug-likeness (QED) is 0.676. The van der Waals surface area contributed by atoms with E-state index in [1.165, 1.54) is 29.7 Å². The monoisotopic (exact) mass is 367 g/mol. The molecule has 3 aromatic rings. The number of carbonyl (C=O) groups is 2. The van der Waals surface area contributed by atoms with Gasteiger partial charge in [-0.3, -0.25) is 0 Å². The SMILES string of the molecule is Cc1cccn2cc(CN3CCCc4ccccc43)nc12.O=C(O)C(=O)O. The number of fused-ring (bicyclic) bond motifs is 2. The van der Waals surface area contributed by atoms with Gasteiger partial charge in [0.15, 0.2) is 0 Å². The van der Waals surface area contributed by atoms with Crippen molar-refractivity contribution in [3.63, 3.8) is 0 Å². The van der Waals surface area contributed by atoms with Crippen molar-refractivity contribution in [3.05, 3.63) is 65.6 Å². The number of hydrogen-bond donors (Lipinski definition) is 2. The molecule has 0 saturated carbocycles. The molecule has 0 unspecified atom stereocenters. The van der Waals surface area contributed by atoms with Crippen molar-refractivity contribution in [2.45, 2.75) is 26.3 Å². The smallest absolute Gasteiger partial charge is 0.414 e. The van der Waals surface area contributed by atoms with Crippen LogP contribution < -0.4 is 4.90 Å². The summed E-state index contributed by atoms with van der Waals surface area (Å²) in [6.07, 6.45) is 6.64. The maximum absolute atomic E-state index is 9.10. The van der Waals surface area contributed by atoms with Gasteiger partial charge in [0.1, 0.15) is 5.65 Å². The number of carboxylic acids is 2. The molecule has 0 atom stereocenters. The second-order valence-electron chi connectivity index (χ2n) is 6.42. The van der Waals surface area contributed by atoms with E-state index in [4.69, 9.17) is 24.8 Å². The second-order valence-corrected chi connectivity index (χ2v) is 6.42. The van der Waals surface area contributed by atoms with E-state index in [2.05, 4.69) is 65.0 Å². The van der Waals surface area contributed by atoms with Gasteiger partial charge in [-0.1, -0.05) is 24.3 Å². The van der Waals surface area contributed by atoms with E-state index in [0.29, 0.717) is 0 Å². The third kappa shape index (κ3) is 4.25. The maximum atomic E-state index is 9.10. The Balaban J connectivity index is 0.000000307. The summed E-state index contributed by atoms with van der Waals surface area (Å²) >= 11 is 0. The lowest BCUT2D eigenvalue weighted by Gasteiger charge is -2.30. The Labute approximate surface area is 156 Å². The molecule has 2 N–H and O–H groups in total. The molecule has 0 saturated heterocycles. The van der Waals surface area contributed by atoms with Crippen LogP contribution in [0.4, 0.5) is 5.69 Å². The molecule has 4 rings (SSSR count). The highest BCUT2D eigenvalue weighted by molar-refractivity contribution is 6.27. The van der Waals surface area contributed by atoms with Crippen LogP contribution in [0.3, 0.4) is 0 Å². The first-order valence-electron chi connectivity index (χ1n) is 8.68. The van der Waals surface area contributed by atoms with Crippen LogP contribution in [0.25, 0.3) is 5.65 Å². The van der Waals surface area contributed by atoms with Crippen molar-refractivity contribution in [2.75, 3.05) is 11.4 Å². The average Bonchev–Trinajstić information content (AvgIpc) is 3.06. The Morgan fingerprint density at radius 2 is 1.85 bits per heavy atom. The lowest BCUT2D eigenvalue weighted by atomic mass is 10.0. The van der Waals surface area contributed by atoms with E-state index < -0.39 is 11.9 Å². The standard InChI is InChI=1S/C18H19N3.C2H2O4/c1-14-6-4-11-21-13-16(19-18(14)21)12-20-10-5-8-15-7-2-3-9-17(15)20;3-1(4)2(5)6/h2-4,6-7,9,11,13H,5,8,10,12H2,1H3;(H,3,4)(H,5,6). The summed E-state index contributed by atoms with van der Waals surface area (Å²) in [6.45, 7) is 4.12. The van der Waals surface area contributed by atoms with Crippen LogP contribution in [0.2, 0.25) is 0 Å². The molecule has 0 radical (unpaired) electrons. The van der Waals surface area contributed by atoms with Crippen LogP contribution in [0, 0.1) is 6.92 Å². The molecule has 140 valence electrons. The number of para-hydroxylation sites is 1. The molecule has 0 amide bonds. The minimum absolute atomic E-state index is 0.887. The third-order valence-electron chi connectivity index (χ3n) is 4.47. The zero-order valence-electron chi connectivity index (χ0n) is 15.0. The number of carboxylic acid groups (broad SMARTS) is 2. The van der Waals surface area contributed by atoms with Crippen molar-refractivity contribution >= 4 is 23.3 Å². The summed E-state index contributed by atoms with van der Waals surface area (Å²) in [5.74, 6) is -3.65. The number of aliphatic carboxylic acids is 2. The minimum Gasteiger partial charge on any atom is -0.473 e. The molecule has 0 aliphatic carbocycles. The van der Waals surface area contributed by atoms with Gasteiger partial charge in [0.05, 0.1) is 12.2 Å². The van der Waals surface area contributed by atoms with Crippen LogP contribution in [0.1, 0.15) is 23.2 Å². The highest BCUT2D eigenvalue weighted by atomic mass is 16.4.